The first-order valence-electron chi connectivity index (χ1n) is 11.9. The van der Waals surface area contributed by atoms with E-state index in [1.807, 2.05) is 6.92 Å². The zero-order valence-electron chi connectivity index (χ0n) is 20.0. The zero-order valence-corrected chi connectivity index (χ0v) is 20.8. The summed E-state index contributed by atoms with van der Waals surface area (Å²) in [5.74, 6) is -0.166. The van der Waals surface area contributed by atoms with Gasteiger partial charge in [-0.3, -0.25) is 9.52 Å². The molecule has 2 N–H and O–H groups in total. The molecule has 0 saturated heterocycles. The number of rotatable bonds is 7. The topological polar surface area (TPSA) is 75.3 Å². The van der Waals surface area contributed by atoms with Crippen LogP contribution in [0.5, 0.6) is 0 Å². The molecule has 0 aliphatic heterocycles. The van der Waals surface area contributed by atoms with Crippen LogP contribution in [0.1, 0.15) is 70.4 Å². The minimum absolute atomic E-state index is 0.0697. The van der Waals surface area contributed by atoms with Gasteiger partial charge in [0.05, 0.1) is 16.6 Å². The van der Waals surface area contributed by atoms with Crippen LogP contribution < -0.4 is 10.0 Å². The van der Waals surface area contributed by atoms with Crippen LogP contribution in [0.25, 0.3) is 0 Å². The molecule has 1 aliphatic carbocycles. The monoisotopic (exact) mass is 476 g/mol. The number of anilines is 1. The molecule has 6 heteroatoms. The standard InChI is InChI=1S/C28H32N2O3S/c1-4-26(23-12-11-21-7-5-6-8-22(21)18-23)29-28(31)24-13-16-27(20(3)17-24)30-34(32,33)25-14-9-19(2)10-15-25/h9-18,26,30H,4-8H2,1-3H3,(H,29,31)/t26-/m1/s1. The molecule has 1 amide bonds. The molecule has 3 aromatic carbocycles. The third-order valence-electron chi connectivity index (χ3n) is 6.55. The van der Waals surface area contributed by atoms with Crippen molar-refractivity contribution in [3.05, 3.63) is 94.0 Å². The molecule has 1 aliphatic rings. The van der Waals surface area contributed by atoms with Gasteiger partial charge in [-0.15, -0.1) is 0 Å². The molecule has 0 heterocycles. The van der Waals surface area contributed by atoms with Gasteiger partial charge in [-0.05, 0) is 98.5 Å². The first kappa shape index (κ1) is 24.0. The second kappa shape index (κ2) is 10.0. The van der Waals surface area contributed by atoms with Crippen molar-refractivity contribution < 1.29 is 13.2 Å². The quantitative estimate of drug-likeness (QED) is 0.448. The van der Waals surface area contributed by atoms with Crippen molar-refractivity contribution in [2.45, 2.75) is 63.8 Å². The third-order valence-corrected chi connectivity index (χ3v) is 7.93. The summed E-state index contributed by atoms with van der Waals surface area (Å²) in [6.07, 6.45) is 5.50. The van der Waals surface area contributed by atoms with E-state index in [4.69, 9.17) is 0 Å². The predicted molar refractivity (Wildman–Crippen MR) is 137 cm³/mol. The molecule has 0 saturated carbocycles. The van der Waals surface area contributed by atoms with Crippen LogP contribution >= 0.6 is 0 Å². The highest BCUT2D eigenvalue weighted by Crippen LogP contribution is 2.27. The van der Waals surface area contributed by atoms with Crippen molar-refractivity contribution in [2.75, 3.05) is 4.72 Å². The molecule has 1 atom stereocenters. The Morgan fingerprint density at radius 3 is 2.29 bits per heavy atom. The van der Waals surface area contributed by atoms with Crippen molar-refractivity contribution in [2.24, 2.45) is 0 Å². The van der Waals surface area contributed by atoms with Gasteiger partial charge >= 0.3 is 0 Å². The average Bonchev–Trinajstić information content (AvgIpc) is 2.83. The van der Waals surface area contributed by atoms with E-state index in [1.54, 1.807) is 49.4 Å². The van der Waals surface area contributed by atoms with Crippen LogP contribution in [0.3, 0.4) is 0 Å². The predicted octanol–water partition coefficient (Wildman–Crippen LogP) is 5.86. The number of hydrogen-bond acceptors (Lipinski definition) is 3. The number of aryl methyl sites for hydroxylation is 4. The lowest BCUT2D eigenvalue weighted by atomic mass is 9.88. The Hall–Kier alpha value is -3.12. The molecule has 0 spiro atoms. The van der Waals surface area contributed by atoms with E-state index < -0.39 is 10.0 Å². The molecule has 5 nitrogen and oxygen atoms in total. The Morgan fingerprint density at radius 1 is 0.912 bits per heavy atom. The fourth-order valence-electron chi connectivity index (χ4n) is 4.47. The molecule has 0 bridgehead atoms. The summed E-state index contributed by atoms with van der Waals surface area (Å²) in [6.45, 7) is 5.77. The Morgan fingerprint density at radius 2 is 1.62 bits per heavy atom. The van der Waals surface area contributed by atoms with Crippen molar-refractivity contribution in [3.8, 4) is 0 Å². The fraction of sp³-hybridized carbons (Fsp3) is 0.321. The zero-order chi connectivity index (χ0) is 24.3. The van der Waals surface area contributed by atoms with Gasteiger partial charge in [0.15, 0.2) is 0 Å². The summed E-state index contributed by atoms with van der Waals surface area (Å²) in [4.78, 5) is 13.2. The van der Waals surface area contributed by atoms with E-state index in [0.717, 1.165) is 30.4 Å². The normalized spacial score (nSPS) is 14.2. The van der Waals surface area contributed by atoms with Crippen molar-refractivity contribution in [3.63, 3.8) is 0 Å². The molecule has 0 radical (unpaired) electrons. The SMILES string of the molecule is CC[C@@H](NC(=O)c1ccc(NS(=O)(=O)c2ccc(C)cc2)c(C)c1)c1ccc2c(c1)CCCC2. The van der Waals surface area contributed by atoms with Crippen LogP contribution in [-0.4, -0.2) is 14.3 Å². The second-order valence-corrected chi connectivity index (χ2v) is 10.8. The lowest BCUT2D eigenvalue weighted by Crippen LogP contribution is -2.28. The Balaban J connectivity index is 1.48. The van der Waals surface area contributed by atoms with E-state index >= 15 is 0 Å². The van der Waals surface area contributed by atoms with Crippen LogP contribution in [0.4, 0.5) is 5.69 Å². The van der Waals surface area contributed by atoms with E-state index in [0.29, 0.717) is 16.8 Å². The number of fused-ring (bicyclic) bond motifs is 1. The summed E-state index contributed by atoms with van der Waals surface area (Å²) in [7, 11) is -3.70. The number of benzene rings is 3. The molecule has 34 heavy (non-hydrogen) atoms. The van der Waals surface area contributed by atoms with Crippen LogP contribution in [0.2, 0.25) is 0 Å². The second-order valence-electron chi connectivity index (χ2n) is 9.12. The molecule has 0 aromatic heterocycles. The molecule has 178 valence electrons. The summed E-state index contributed by atoms with van der Waals surface area (Å²) in [6, 6.07) is 18.2. The van der Waals surface area contributed by atoms with Crippen molar-refractivity contribution in [1.82, 2.24) is 5.32 Å². The lowest BCUT2D eigenvalue weighted by Gasteiger charge is -2.22. The molecule has 0 fully saturated rings. The van der Waals surface area contributed by atoms with Gasteiger partial charge in [0.2, 0.25) is 0 Å². The van der Waals surface area contributed by atoms with Gasteiger partial charge in [0.25, 0.3) is 15.9 Å². The average molecular weight is 477 g/mol. The summed E-state index contributed by atoms with van der Waals surface area (Å²) in [5.41, 5.74) is 6.60. The number of nitrogens with one attached hydrogen (secondary N) is 2. The summed E-state index contributed by atoms with van der Waals surface area (Å²) in [5, 5.41) is 3.15. The van der Waals surface area contributed by atoms with Gasteiger partial charge in [-0.1, -0.05) is 42.8 Å². The van der Waals surface area contributed by atoms with Gasteiger partial charge in [0, 0.05) is 5.56 Å². The lowest BCUT2D eigenvalue weighted by molar-refractivity contribution is 0.0935. The van der Waals surface area contributed by atoms with Gasteiger partial charge in [-0.25, -0.2) is 8.42 Å². The van der Waals surface area contributed by atoms with E-state index in [9.17, 15) is 13.2 Å². The molecule has 4 rings (SSSR count). The highest BCUT2D eigenvalue weighted by atomic mass is 32.2. The highest BCUT2D eigenvalue weighted by molar-refractivity contribution is 7.92. The van der Waals surface area contributed by atoms with Crippen molar-refractivity contribution in [1.29, 1.82) is 0 Å². The van der Waals surface area contributed by atoms with Crippen LogP contribution in [-0.2, 0) is 22.9 Å². The first-order valence-corrected chi connectivity index (χ1v) is 13.4. The summed E-state index contributed by atoms with van der Waals surface area (Å²) < 4.78 is 28.1. The summed E-state index contributed by atoms with van der Waals surface area (Å²) >= 11 is 0. The maximum Gasteiger partial charge on any atom is 0.261 e. The highest BCUT2D eigenvalue weighted by Gasteiger charge is 2.19. The fourth-order valence-corrected chi connectivity index (χ4v) is 5.60. The number of carbonyl (C=O) groups excluding carboxylic acids is 1. The molecular weight excluding hydrogens is 444 g/mol. The molecule has 3 aromatic rings. The largest absolute Gasteiger partial charge is 0.345 e. The van der Waals surface area contributed by atoms with E-state index in [1.165, 1.54) is 24.0 Å². The number of amides is 1. The molecular formula is C28H32N2O3S. The van der Waals surface area contributed by atoms with Crippen LogP contribution in [0, 0.1) is 13.8 Å². The maximum absolute atomic E-state index is 13.0. The number of hydrogen-bond donors (Lipinski definition) is 2. The van der Waals surface area contributed by atoms with Gasteiger partial charge < -0.3 is 5.32 Å². The van der Waals surface area contributed by atoms with Gasteiger partial charge in [0.1, 0.15) is 0 Å². The number of sulfonamides is 1. The maximum atomic E-state index is 13.0. The minimum atomic E-state index is -3.70. The Bertz CT molecular complexity index is 1300. The Kier molecular flexibility index (Phi) is 7.08. The molecule has 0 unspecified atom stereocenters. The minimum Gasteiger partial charge on any atom is -0.345 e. The van der Waals surface area contributed by atoms with Crippen LogP contribution in [0.15, 0.2) is 65.6 Å². The van der Waals surface area contributed by atoms with E-state index in [2.05, 4.69) is 35.2 Å². The van der Waals surface area contributed by atoms with Crippen molar-refractivity contribution >= 4 is 21.6 Å². The van der Waals surface area contributed by atoms with E-state index in [-0.39, 0.29) is 16.8 Å². The third kappa shape index (κ3) is 5.33. The first-order chi connectivity index (χ1) is 16.3. The number of carbonyl (C=O) groups is 1. The smallest absolute Gasteiger partial charge is 0.261 e. The van der Waals surface area contributed by atoms with Gasteiger partial charge in [-0.2, -0.15) is 0 Å². The Labute approximate surface area is 202 Å².